The zero-order chi connectivity index (χ0) is 15.8. The maximum Gasteiger partial charge on any atom is 0.226 e. The van der Waals surface area contributed by atoms with E-state index in [0.717, 1.165) is 58.3 Å². The van der Waals surface area contributed by atoms with E-state index < -0.39 is 0 Å². The molecule has 2 heterocycles. The standard InChI is InChI=1S/C19H24N2O2/c22-18(15-5-6-15)20-10-8-16(9-11-20)19(23)21-12-7-14-3-1-2-4-17(14)13-21/h1-4,15-16H,5-13H2. The van der Waals surface area contributed by atoms with Gasteiger partial charge < -0.3 is 9.80 Å². The largest absolute Gasteiger partial charge is 0.342 e. The Labute approximate surface area is 137 Å². The highest BCUT2D eigenvalue weighted by Crippen LogP contribution is 2.33. The molecule has 0 spiro atoms. The minimum absolute atomic E-state index is 0.100. The van der Waals surface area contributed by atoms with E-state index in [-0.39, 0.29) is 11.8 Å². The second kappa shape index (κ2) is 5.99. The fraction of sp³-hybridized carbons (Fsp3) is 0.579. The van der Waals surface area contributed by atoms with Crippen molar-refractivity contribution in [2.45, 2.75) is 38.6 Å². The Balaban J connectivity index is 1.34. The molecular formula is C19H24N2O2. The summed E-state index contributed by atoms with van der Waals surface area (Å²) in [5.74, 6) is 1.00. The molecule has 23 heavy (non-hydrogen) atoms. The van der Waals surface area contributed by atoms with Crippen LogP contribution in [0.3, 0.4) is 0 Å². The first kappa shape index (κ1) is 14.7. The third-order valence-electron chi connectivity index (χ3n) is 5.52. The van der Waals surface area contributed by atoms with Gasteiger partial charge in [0.25, 0.3) is 0 Å². The highest BCUT2D eigenvalue weighted by Gasteiger charge is 2.37. The number of amides is 2. The van der Waals surface area contributed by atoms with Crippen LogP contribution in [0.1, 0.15) is 36.8 Å². The van der Waals surface area contributed by atoms with E-state index in [4.69, 9.17) is 0 Å². The van der Waals surface area contributed by atoms with Crippen LogP contribution in [0.5, 0.6) is 0 Å². The molecule has 1 aromatic carbocycles. The van der Waals surface area contributed by atoms with E-state index in [1.165, 1.54) is 11.1 Å². The summed E-state index contributed by atoms with van der Waals surface area (Å²) in [5.41, 5.74) is 2.66. The van der Waals surface area contributed by atoms with Gasteiger partial charge in [-0.25, -0.2) is 0 Å². The number of fused-ring (bicyclic) bond motifs is 1. The molecular weight excluding hydrogens is 288 g/mol. The van der Waals surface area contributed by atoms with E-state index in [1.807, 2.05) is 9.80 Å². The first-order valence-electron chi connectivity index (χ1n) is 8.87. The van der Waals surface area contributed by atoms with Crippen molar-refractivity contribution in [3.63, 3.8) is 0 Å². The number of carbonyl (C=O) groups excluding carboxylic acids is 2. The molecule has 2 aliphatic heterocycles. The molecule has 0 aromatic heterocycles. The first-order chi connectivity index (χ1) is 11.2. The van der Waals surface area contributed by atoms with Crippen LogP contribution in [-0.4, -0.2) is 41.2 Å². The van der Waals surface area contributed by atoms with Gasteiger partial charge in [0.2, 0.25) is 11.8 Å². The molecule has 122 valence electrons. The Hall–Kier alpha value is -1.84. The molecule has 4 nitrogen and oxygen atoms in total. The van der Waals surface area contributed by atoms with E-state index in [2.05, 4.69) is 24.3 Å². The number of benzene rings is 1. The predicted molar refractivity (Wildman–Crippen MR) is 87.6 cm³/mol. The van der Waals surface area contributed by atoms with Crippen LogP contribution in [-0.2, 0) is 22.6 Å². The van der Waals surface area contributed by atoms with Crippen LogP contribution in [0.4, 0.5) is 0 Å². The minimum Gasteiger partial charge on any atom is -0.342 e. The number of hydrogen-bond acceptors (Lipinski definition) is 2. The Kier molecular flexibility index (Phi) is 3.83. The fourth-order valence-electron chi connectivity index (χ4n) is 3.88. The van der Waals surface area contributed by atoms with Crippen LogP contribution in [0.2, 0.25) is 0 Å². The van der Waals surface area contributed by atoms with E-state index >= 15 is 0 Å². The number of piperidine rings is 1. The molecule has 1 aromatic rings. The molecule has 4 heteroatoms. The molecule has 4 rings (SSSR count). The lowest BCUT2D eigenvalue weighted by Gasteiger charge is -2.36. The number of rotatable bonds is 2. The van der Waals surface area contributed by atoms with Crippen LogP contribution < -0.4 is 0 Å². The molecule has 1 saturated carbocycles. The number of likely N-dealkylation sites (tertiary alicyclic amines) is 1. The molecule has 0 radical (unpaired) electrons. The summed E-state index contributed by atoms with van der Waals surface area (Å²) >= 11 is 0. The van der Waals surface area contributed by atoms with Crippen molar-refractivity contribution in [2.24, 2.45) is 11.8 Å². The van der Waals surface area contributed by atoms with Gasteiger partial charge in [0.15, 0.2) is 0 Å². The minimum atomic E-state index is 0.100. The highest BCUT2D eigenvalue weighted by atomic mass is 16.2. The van der Waals surface area contributed by atoms with Crippen LogP contribution in [0.25, 0.3) is 0 Å². The summed E-state index contributed by atoms with van der Waals surface area (Å²) in [6.45, 7) is 3.10. The fourth-order valence-corrected chi connectivity index (χ4v) is 3.88. The van der Waals surface area contributed by atoms with Crippen molar-refractivity contribution in [2.75, 3.05) is 19.6 Å². The van der Waals surface area contributed by atoms with Crippen LogP contribution in [0.15, 0.2) is 24.3 Å². The van der Waals surface area contributed by atoms with Crippen molar-refractivity contribution < 1.29 is 9.59 Å². The maximum atomic E-state index is 12.8. The quantitative estimate of drug-likeness (QED) is 0.840. The Morgan fingerprint density at radius 1 is 0.783 bits per heavy atom. The number of hydrogen-bond donors (Lipinski definition) is 0. The normalized spacial score (nSPS) is 21.9. The molecule has 0 N–H and O–H groups in total. The zero-order valence-corrected chi connectivity index (χ0v) is 13.5. The summed E-state index contributed by atoms with van der Waals surface area (Å²) in [6.07, 6.45) is 4.74. The van der Waals surface area contributed by atoms with Crippen molar-refractivity contribution in [3.05, 3.63) is 35.4 Å². The van der Waals surface area contributed by atoms with E-state index in [1.54, 1.807) is 0 Å². The lowest BCUT2D eigenvalue weighted by atomic mass is 9.93. The van der Waals surface area contributed by atoms with Gasteiger partial charge >= 0.3 is 0 Å². The second-order valence-electron chi connectivity index (χ2n) is 7.15. The molecule has 1 saturated heterocycles. The van der Waals surface area contributed by atoms with Gasteiger partial charge in [0.05, 0.1) is 0 Å². The molecule has 0 atom stereocenters. The molecule has 2 fully saturated rings. The van der Waals surface area contributed by atoms with Gasteiger partial charge in [0, 0.05) is 38.0 Å². The predicted octanol–water partition coefficient (Wildman–Crippen LogP) is 2.22. The average molecular weight is 312 g/mol. The summed E-state index contributed by atoms with van der Waals surface area (Å²) < 4.78 is 0. The van der Waals surface area contributed by atoms with Crippen LogP contribution >= 0.6 is 0 Å². The van der Waals surface area contributed by atoms with E-state index in [0.29, 0.717) is 11.8 Å². The summed E-state index contributed by atoms with van der Waals surface area (Å²) in [6, 6.07) is 8.42. The topological polar surface area (TPSA) is 40.6 Å². The maximum absolute atomic E-state index is 12.8. The van der Waals surface area contributed by atoms with E-state index in [9.17, 15) is 9.59 Å². The molecule has 0 bridgehead atoms. The smallest absolute Gasteiger partial charge is 0.226 e. The van der Waals surface area contributed by atoms with Crippen molar-refractivity contribution in [3.8, 4) is 0 Å². The molecule has 2 amide bonds. The lowest BCUT2D eigenvalue weighted by Crippen LogP contribution is -2.46. The molecule has 3 aliphatic rings. The van der Waals surface area contributed by atoms with Gasteiger partial charge in [-0.3, -0.25) is 9.59 Å². The molecule has 0 unspecified atom stereocenters. The van der Waals surface area contributed by atoms with Gasteiger partial charge in [-0.15, -0.1) is 0 Å². The first-order valence-corrected chi connectivity index (χ1v) is 8.87. The van der Waals surface area contributed by atoms with Crippen molar-refractivity contribution in [1.29, 1.82) is 0 Å². The number of nitrogens with zero attached hydrogens (tertiary/aromatic N) is 2. The summed E-state index contributed by atoms with van der Waals surface area (Å²) in [7, 11) is 0. The lowest BCUT2D eigenvalue weighted by molar-refractivity contribution is -0.141. The summed E-state index contributed by atoms with van der Waals surface area (Å²) in [4.78, 5) is 28.9. The zero-order valence-electron chi connectivity index (χ0n) is 13.5. The summed E-state index contributed by atoms with van der Waals surface area (Å²) in [5, 5.41) is 0. The Bertz CT molecular complexity index is 616. The Morgan fingerprint density at radius 3 is 2.09 bits per heavy atom. The monoisotopic (exact) mass is 312 g/mol. The van der Waals surface area contributed by atoms with Crippen molar-refractivity contribution >= 4 is 11.8 Å². The third kappa shape index (κ3) is 2.99. The SMILES string of the molecule is O=C(C1CC1)N1CCC(C(=O)N2CCc3ccccc3C2)CC1. The Morgan fingerprint density at radius 2 is 1.39 bits per heavy atom. The molecule has 1 aliphatic carbocycles. The van der Waals surface area contributed by atoms with Gasteiger partial charge in [-0.05, 0) is 43.2 Å². The highest BCUT2D eigenvalue weighted by molar-refractivity contribution is 5.82. The van der Waals surface area contributed by atoms with Crippen molar-refractivity contribution in [1.82, 2.24) is 9.80 Å². The van der Waals surface area contributed by atoms with Gasteiger partial charge in [0.1, 0.15) is 0 Å². The van der Waals surface area contributed by atoms with Gasteiger partial charge in [-0.2, -0.15) is 0 Å². The van der Waals surface area contributed by atoms with Gasteiger partial charge in [-0.1, -0.05) is 24.3 Å². The van der Waals surface area contributed by atoms with Crippen LogP contribution in [0, 0.1) is 11.8 Å². The number of carbonyl (C=O) groups is 2. The third-order valence-corrected chi connectivity index (χ3v) is 5.52. The second-order valence-corrected chi connectivity index (χ2v) is 7.15. The average Bonchev–Trinajstić information content (AvgIpc) is 3.45.